The van der Waals surface area contributed by atoms with Crippen LogP contribution in [0, 0.1) is 0 Å². The van der Waals surface area contributed by atoms with Crippen LogP contribution < -0.4 is 5.73 Å². The zero-order valence-corrected chi connectivity index (χ0v) is 11.2. The molecule has 0 aliphatic carbocycles. The Morgan fingerprint density at radius 3 is 1.94 bits per heavy atom. The van der Waals surface area contributed by atoms with Gasteiger partial charge in [0.05, 0.1) is 5.60 Å². The average Bonchev–Trinajstić information content (AvgIpc) is 2.16. The summed E-state index contributed by atoms with van der Waals surface area (Å²) in [5, 5.41) is 10.2. The molecule has 2 atom stereocenters. The quantitative estimate of drug-likeness (QED) is 0.510. The predicted octanol–water partition coefficient (Wildman–Crippen LogP) is 1.21. The van der Waals surface area contributed by atoms with Crippen molar-refractivity contribution in [3.05, 3.63) is 0 Å². The van der Waals surface area contributed by atoms with E-state index in [0.29, 0.717) is 6.42 Å². The van der Waals surface area contributed by atoms with Gasteiger partial charge in [0.25, 0.3) is 0 Å². The van der Waals surface area contributed by atoms with Crippen LogP contribution in [-0.2, 0) is 4.57 Å². The Morgan fingerprint density at radius 2 is 1.69 bits per heavy atom. The lowest BCUT2D eigenvalue weighted by Crippen LogP contribution is -2.51. The molecule has 0 saturated carbocycles. The lowest BCUT2D eigenvalue weighted by Gasteiger charge is -2.38. The van der Waals surface area contributed by atoms with E-state index in [-0.39, 0.29) is 12.8 Å². The van der Waals surface area contributed by atoms with Gasteiger partial charge in [-0.25, -0.2) is 0 Å². The van der Waals surface area contributed by atoms with Gasteiger partial charge >= 0.3 is 7.60 Å². The van der Waals surface area contributed by atoms with E-state index >= 15 is 0 Å². The van der Waals surface area contributed by atoms with Gasteiger partial charge in [0, 0.05) is 6.04 Å². The van der Waals surface area contributed by atoms with Gasteiger partial charge in [-0.1, -0.05) is 27.2 Å². The summed E-state index contributed by atoms with van der Waals surface area (Å²) in [5.74, 6) is 0. The minimum atomic E-state index is -4.39. The molecule has 0 bridgehead atoms. The molecule has 5 N–H and O–H groups in total. The molecule has 0 aromatic rings. The second-order valence-electron chi connectivity index (χ2n) is 4.30. The third-order valence-electron chi connectivity index (χ3n) is 3.16. The van der Waals surface area contributed by atoms with Gasteiger partial charge in [-0.05, 0) is 19.3 Å². The molecule has 16 heavy (non-hydrogen) atoms. The topological polar surface area (TPSA) is 104 Å². The highest BCUT2D eigenvalue weighted by Gasteiger charge is 2.47. The maximum atomic E-state index is 11.5. The van der Waals surface area contributed by atoms with Gasteiger partial charge < -0.3 is 20.6 Å². The standard InChI is InChI=1S/C10H24NO4P/c1-4-7-8(11)9(16(13,14)15)10(12,5-2)6-3/h8-9,12H,4-7,11H2,1-3H3,(H2,13,14,15). The van der Waals surface area contributed by atoms with Crippen molar-refractivity contribution in [2.45, 2.75) is 63.8 Å². The zero-order valence-electron chi connectivity index (χ0n) is 10.3. The van der Waals surface area contributed by atoms with Gasteiger partial charge in [-0.2, -0.15) is 0 Å². The number of hydrogen-bond donors (Lipinski definition) is 4. The minimum absolute atomic E-state index is 0.288. The van der Waals surface area contributed by atoms with E-state index in [2.05, 4.69) is 0 Å². The first-order valence-electron chi connectivity index (χ1n) is 5.76. The highest BCUT2D eigenvalue weighted by Crippen LogP contribution is 2.50. The molecule has 2 unspecified atom stereocenters. The van der Waals surface area contributed by atoms with Crippen LogP contribution in [0.15, 0.2) is 0 Å². The SMILES string of the molecule is CCCC(N)C(C(O)(CC)CC)P(=O)(O)O. The summed E-state index contributed by atoms with van der Waals surface area (Å²) in [7, 11) is -4.39. The summed E-state index contributed by atoms with van der Waals surface area (Å²) in [4.78, 5) is 18.7. The summed E-state index contributed by atoms with van der Waals surface area (Å²) < 4.78 is 11.5. The fourth-order valence-electron chi connectivity index (χ4n) is 2.12. The molecule has 98 valence electrons. The zero-order chi connectivity index (χ0) is 13.0. The Balaban J connectivity index is 5.16. The van der Waals surface area contributed by atoms with Crippen LogP contribution >= 0.6 is 7.60 Å². The molecule has 0 fully saturated rings. The first kappa shape index (κ1) is 16.1. The van der Waals surface area contributed by atoms with Gasteiger partial charge in [0.1, 0.15) is 5.66 Å². The molecule has 0 heterocycles. The summed E-state index contributed by atoms with van der Waals surface area (Å²) in [6.45, 7) is 5.32. The molecule has 0 aliphatic heterocycles. The monoisotopic (exact) mass is 253 g/mol. The second kappa shape index (κ2) is 6.12. The van der Waals surface area contributed by atoms with Crippen LogP contribution in [0.25, 0.3) is 0 Å². The van der Waals surface area contributed by atoms with Gasteiger partial charge in [-0.15, -0.1) is 0 Å². The smallest absolute Gasteiger partial charge is 0.333 e. The Hall–Kier alpha value is 0.0700. The van der Waals surface area contributed by atoms with E-state index in [0.717, 1.165) is 6.42 Å². The van der Waals surface area contributed by atoms with Crippen LogP contribution in [0.1, 0.15) is 46.5 Å². The van der Waals surface area contributed by atoms with Crippen LogP contribution in [-0.4, -0.2) is 32.2 Å². The summed E-state index contributed by atoms with van der Waals surface area (Å²) in [6, 6.07) is -0.671. The lowest BCUT2D eigenvalue weighted by atomic mass is 9.87. The Bertz CT molecular complexity index is 249. The van der Waals surface area contributed by atoms with E-state index in [9.17, 15) is 19.5 Å². The van der Waals surface area contributed by atoms with Crippen LogP contribution in [0.4, 0.5) is 0 Å². The number of nitrogens with two attached hydrogens (primary N) is 1. The molecule has 5 nitrogen and oxygen atoms in total. The molecule has 0 aromatic heterocycles. The first-order valence-corrected chi connectivity index (χ1v) is 7.44. The van der Waals surface area contributed by atoms with Crippen LogP contribution in [0.3, 0.4) is 0 Å². The van der Waals surface area contributed by atoms with Crippen molar-refractivity contribution in [3.8, 4) is 0 Å². The van der Waals surface area contributed by atoms with Crippen LogP contribution in [0.2, 0.25) is 0 Å². The van der Waals surface area contributed by atoms with Crippen molar-refractivity contribution in [1.82, 2.24) is 0 Å². The summed E-state index contributed by atoms with van der Waals surface area (Å²) >= 11 is 0. The van der Waals surface area contributed by atoms with Crippen LogP contribution in [0.5, 0.6) is 0 Å². The number of aliphatic hydroxyl groups is 1. The van der Waals surface area contributed by atoms with E-state index in [1.807, 2.05) is 6.92 Å². The highest BCUT2D eigenvalue weighted by atomic mass is 31.2. The van der Waals surface area contributed by atoms with Crippen molar-refractivity contribution in [2.24, 2.45) is 5.73 Å². The number of hydrogen-bond acceptors (Lipinski definition) is 3. The molecular formula is C10H24NO4P. The second-order valence-corrected chi connectivity index (χ2v) is 6.03. The molecule has 0 amide bonds. The molecule has 0 aromatic carbocycles. The number of rotatable bonds is 7. The van der Waals surface area contributed by atoms with Crippen molar-refractivity contribution < 1.29 is 19.5 Å². The van der Waals surface area contributed by atoms with Crippen molar-refractivity contribution >= 4 is 7.60 Å². The van der Waals surface area contributed by atoms with Crippen molar-refractivity contribution in [3.63, 3.8) is 0 Å². The van der Waals surface area contributed by atoms with Crippen molar-refractivity contribution in [2.75, 3.05) is 0 Å². The third kappa shape index (κ3) is 3.82. The van der Waals surface area contributed by atoms with Gasteiger partial charge in [0.2, 0.25) is 0 Å². The maximum absolute atomic E-state index is 11.5. The largest absolute Gasteiger partial charge is 0.389 e. The normalized spacial score (nSPS) is 17.2. The Labute approximate surface area is 97.2 Å². The minimum Gasteiger partial charge on any atom is -0.389 e. The Kier molecular flexibility index (Phi) is 6.15. The summed E-state index contributed by atoms with van der Waals surface area (Å²) in [5.41, 5.74) is 3.25. The predicted molar refractivity (Wildman–Crippen MR) is 64.2 cm³/mol. The van der Waals surface area contributed by atoms with E-state index < -0.39 is 24.9 Å². The molecular weight excluding hydrogens is 229 g/mol. The highest BCUT2D eigenvalue weighted by molar-refractivity contribution is 7.52. The molecule has 0 aliphatic rings. The van der Waals surface area contributed by atoms with Gasteiger partial charge in [0.15, 0.2) is 0 Å². The Morgan fingerprint density at radius 1 is 1.25 bits per heavy atom. The molecule has 0 rings (SSSR count). The van der Waals surface area contributed by atoms with E-state index in [4.69, 9.17) is 5.73 Å². The van der Waals surface area contributed by atoms with Crippen molar-refractivity contribution in [1.29, 1.82) is 0 Å². The molecule has 0 saturated heterocycles. The van der Waals surface area contributed by atoms with Gasteiger partial charge in [-0.3, -0.25) is 4.57 Å². The molecule has 6 heteroatoms. The molecule has 0 spiro atoms. The fraction of sp³-hybridized carbons (Fsp3) is 1.00. The lowest BCUT2D eigenvalue weighted by molar-refractivity contribution is 0.0136. The fourth-order valence-corrected chi connectivity index (χ4v) is 3.76. The van der Waals surface area contributed by atoms with E-state index in [1.165, 1.54) is 0 Å². The van der Waals surface area contributed by atoms with E-state index in [1.54, 1.807) is 13.8 Å². The maximum Gasteiger partial charge on any atom is 0.333 e. The first-order chi connectivity index (χ1) is 7.22. The average molecular weight is 253 g/mol. The molecule has 0 radical (unpaired) electrons. The summed E-state index contributed by atoms with van der Waals surface area (Å²) in [6.07, 6.45) is 1.81. The third-order valence-corrected chi connectivity index (χ3v) is 4.75.